The highest BCUT2D eigenvalue weighted by Crippen LogP contribution is 2.24. The Bertz CT molecular complexity index is 572. The number of nitrogens with zero attached hydrogens (tertiary/aromatic N) is 2. The van der Waals surface area contributed by atoms with Crippen LogP contribution in [0.4, 0.5) is 4.39 Å². The lowest BCUT2D eigenvalue weighted by molar-refractivity contribution is 0.386. The van der Waals surface area contributed by atoms with Crippen LogP contribution in [0.5, 0.6) is 5.75 Å². The zero-order valence-electron chi connectivity index (χ0n) is 10.3. The number of halogens is 1. The minimum absolute atomic E-state index is 0.212. The van der Waals surface area contributed by atoms with Gasteiger partial charge in [0.2, 0.25) is 0 Å². The van der Waals surface area contributed by atoms with E-state index in [0.29, 0.717) is 23.6 Å². The molecule has 4 nitrogen and oxygen atoms in total. The van der Waals surface area contributed by atoms with Crippen LogP contribution in [-0.2, 0) is 6.54 Å². The molecule has 1 aromatic carbocycles. The van der Waals surface area contributed by atoms with Crippen molar-refractivity contribution in [2.75, 3.05) is 7.11 Å². The Morgan fingerprint density at radius 2 is 2.06 bits per heavy atom. The molecular formula is C13H14FN3O. The summed E-state index contributed by atoms with van der Waals surface area (Å²) in [6.45, 7) is 2.11. The number of aromatic nitrogens is 2. The quantitative estimate of drug-likeness (QED) is 0.901. The van der Waals surface area contributed by atoms with E-state index in [2.05, 4.69) is 9.97 Å². The molecule has 18 heavy (non-hydrogen) atoms. The Labute approximate surface area is 105 Å². The van der Waals surface area contributed by atoms with Crippen molar-refractivity contribution in [2.45, 2.75) is 13.5 Å². The van der Waals surface area contributed by atoms with E-state index in [1.165, 1.54) is 13.2 Å². The van der Waals surface area contributed by atoms with Crippen molar-refractivity contribution in [1.82, 2.24) is 9.97 Å². The number of methoxy groups -OCH3 is 1. The maximum Gasteiger partial charge on any atom is 0.165 e. The third-order valence-electron chi connectivity index (χ3n) is 2.55. The van der Waals surface area contributed by atoms with Crippen molar-refractivity contribution in [3.8, 4) is 17.0 Å². The first-order chi connectivity index (χ1) is 8.63. The zero-order chi connectivity index (χ0) is 13.1. The molecule has 0 saturated carbocycles. The summed E-state index contributed by atoms with van der Waals surface area (Å²) in [7, 11) is 1.43. The molecule has 1 heterocycles. The summed E-state index contributed by atoms with van der Waals surface area (Å²) in [5, 5.41) is 0. The van der Waals surface area contributed by atoms with Gasteiger partial charge in [0.25, 0.3) is 0 Å². The van der Waals surface area contributed by atoms with E-state index in [4.69, 9.17) is 10.5 Å². The summed E-state index contributed by atoms with van der Waals surface area (Å²) in [4.78, 5) is 8.45. The molecule has 0 aliphatic carbocycles. The lowest BCUT2D eigenvalue weighted by Gasteiger charge is -2.07. The van der Waals surface area contributed by atoms with Gasteiger partial charge < -0.3 is 10.5 Å². The minimum atomic E-state index is -0.416. The fourth-order valence-electron chi connectivity index (χ4n) is 1.71. The molecule has 2 rings (SSSR count). The summed E-state index contributed by atoms with van der Waals surface area (Å²) < 4.78 is 18.5. The number of rotatable bonds is 3. The second kappa shape index (κ2) is 5.10. The lowest BCUT2D eigenvalue weighted by Crippen LogP contribution is -2.03. The SMILES string of the molecule is COc1ccc(-c2cc(CN)nc(C)n2)cc1F. The van der Waals surface area contributed by atoms with Gasteiger partial charge in [-0.1, -0.05) is 0 Å². The molecule has 0 unspecified atom stereocenters. The average molecular weight is 247 g/mol. The van der Waals surface area contributed by atoms with Crippen LogP contribution in [0.1, 0.15) is 11.5 Å². The maximum atomic E-state index is 13.6. The second-order valence-corrected chi connectivity index (χ2v) is 3.85. The molecule has 0 atom stereocenters. The molecule has 0 saturated heterocycles. The van der Waals surface area contributed by atoms with E-state index < -0.39 is 5.82 Å². The lowest BCUT2D eigenvalue weighted by atomic mass is 10.1. The first kappa shape index (κ1) is 12.4. The van der Waals surface area contributed by atoms with E-state index in [1.807, 2.05) is 0 Å². The third kappa shape index (κ3) is 2.46. The zero-order valence-corrected chi connectivity index (χ0v) is 10.3. The van der Waals surface area contributed by atoms with Gasteiger partial charge in [-0.3, -0.25) is 0 Å². The topological polar surface area (TPSA) is 61.0 Å². The van der Waals surface area contributed by atoms with Gasteiger partial charge in [0.1, 0.15) is 5.82 Å². The van der Waals surface area contributed by atoms with E-state index >= 15 is 0 Å². The molecular weight excluding hydrogens is 233 g/mol. The van der Waals surface area contributed by atoms with Gasteiger partial charge in [-0.15, -0.1) is 0 Å². The largest absolute Gasteiger partial charge is 0.494 e. The van der Waals surface area contributed by atoms with Crippen LogP contribution in [0.2, 0.25) is 0 Å². The van der Waals surface area contributed by atoms with Gasteiger partial charge in [0, 0.05) is 12.1 Å². The Morgan fingerprint density at radius 1 is 1.28 bits per heavy atom. The summed E-state index contributed by atoms with van der Waals surface area (Å²) in [6.07, 6.45) is 0. The predicted molar refractivity (Wildman–Crippen MR) is 66.6 cm³/mol. The Hall–Kier alpha value is -2.01. The molecule has 0 fully saturated rings. The van der Waals surface area contributed by atoms with E-state index in [0.717, 1.165) is 5.69 Å². The van der Waals surface area contributed by atoms with Crippen molar-refractivity contribution >= 4 is 0 Å². The normalized spacial score (nSPS) is 10.4. The number of benzene rings is 1. The van der Waals surface area contributed by atoms with Crippen molar-refractivity contribution in [1.29, 1.82) is 0 Å². The van der Waals surface area contributed by atoms with Gasteiger partial charge in [-0.05, 0) is 31.2 Å². The number of nitrogens with two attached hydrogens (primary N) is 1. The molecule has 0 aliphatic rings. The third-order valence-corrected chi connectivity index (χ3v) is 2.55. The van der Waals surface area contributed by atoms with Crippen LogP contribution < -0.4 is 10.5 Å². The number of hydrogen-bond acceptors (Lipinski definition) is 4. The minimum Gasteiger partial charge on any atom is -0.494 e. The highest BCUT2D eigenvalue weighted by atomic mass is 19.1. The average Bonchev–Trinajstić information content (AvgIpc) is 2.37. The molecule has 2 aromatic rings. The predicted octanol–water partition coefficient (Wildman–Crippen LogP) is 2.06. The molecule has 0 radical (unpaired) electrons. The molecule has 0 spiro atoms. The monoisotopic (exact) mass is 247 g/mol. The van der Waals surface area contributed by atoms with Crippen LogP contribution in [0.15, 0.2) is 24.3 Å². The number of aryl methyl sites for hydroxylation is 1. The molecule has 1 aromatic heterocycles. The molecule has 2 N–H and O–H groups in total. The molecule has 5 heteroatoms. The van der Waals surface area contributed by atoms with Crippen molar-refractivity contribution in [2.24, 2.45) is 5.73 Å². The highest BCUT2D eigenvalue weighted by Gasteiger charge is 2.08. The molecule has 0 aliphatic heterocycles. The van der Waals surface area contributed by atoms with Gasteiger partial charge in [0.05, 0.1) is 18.5 Å². The summed E-state index contributed by atoms with van der Waals surface area (Å²) in [5.41, 5.74) is 7.62. The highest BCUT2D eigenvalue weighted by molar-refractivity contribution is 5.60. The van der Waals surface area contributed by atoms with E-state index in [1.54, 1.807) is 25.1 Å². The maximum absolute atomic E-state index is 13.6. The van der Waals surface area contributed by atoms with Crippen molar-refractivity contribution in [3.63, 3.8) is 0 Å². The first-order valence-corrected chi connectivity index (χ1v) is 5.52. The summed E-state index contributed by atoms with van der Waals surface area (Å²) in [5.74, 6) is 0.410. The standard InChI is InChI=1S/C13H14FN3O/c1-8-16-10(7-15)6-12(17-8)9-3-4-13(18-2)11(14)5-9/h3-6H,7,15H2,1-2H3. The number of ether oxygens (including phenoxy) is 1. The van der Waals surface area contributed by atoms with E-state index in [9.17, 15) is 4.39 Å². The van der Waals surface area contributed by atoms with Crippen LogP contribution >= 0.6 is 0 Å². The Kier molecular flexibility index (Phi) is 3.53. The van der Waals surface area contributed by atoms with Crippen molar-refractivity contribution in [3.05, 3.63) is 41.6 Å². The van der Waals surface area contributed by atoms with E-state index in [-0.39, 0.29) is 5.75 Å². The fraction of sp³-hybridized carbons (Fsp3) is 0.231. The molecule has 94 valence electrons. The van der Waals surface area contributed by atoms with Crippen LogP contribution in [-0.4, -0.2) is 17.1 Å². The summed E-state index contributed by atoms with van der Waals surface area (Å²) >= 11 is 0. The van der Waals surface area contributed by atoms with Gasteiger partial charge in [-0.2, -0.15) is 0 Å². The van der Waals surface area contributed by atoms with Crippen LogP contribution in [0.25, 0.3) is 11.3 Å². The van der Waals surface area contributed by atoms with Gasteiger partial charge in [-0.25, -0.2) is 14.4 Å². The van der Waals surface area contributed by atoms with Crippen molar-refractivity contribution < 1.29 is 9.13 Å². The van der Waals surface area contributed by atoms with Crippen LogP contribution in [0, 0.1) is 12.7 Å². The van der Waals surface area contributed by atoms with Gasteiger partial charge >= 0.3 is 0 Å². The van der Waals surface area contributed by atoms with Gasteiger partial charge in [0.15, 0.2) is 11.6 Å². The second-order valence-electron chi connectivity index (χ2n) is 3.85. The molecule has 0 bridgehead atoms. The fourth-order valence-corrected chi connectivity index (χ4v) is 1.71. The number of hydrogen-bond donors (Lipinski definition) is 1. The Balaban J connectivity index is 2.48. The van der Waals surface area contributed by atoms with Crippen LogP contribution in [0.3, 0.4) is 0 Å². The Morgan fingerprint density at radius 3 is 2.67 bits per heavy atom. The first-order valence-electron chi connectivity index (χ1n) is 5.52. The molecule has 0 amide bonds. The smallest absolute Gasteiger partial charge is 0.165 e. The summed E-state index contributed by atoms with van der Waals surface area (Å²) in [6, 6.07) is 6.48.